The zero-order valence-electron chi connectivity index (χ0n) is 19.1. The van der Waals surface area contributed by atoms with Crippen molar-refractivity contribution in [3.8, 4) is 5.75 Å². The minimum absolute atomic E-state index is 0.0958. The number of ether oxygens (including phenoxy) is 1. The van der Waals surface area contributed by atoms with Crippen molar-refractivity contribution < 1.29 is 4.74 Å². The Labute approximate surface area is 196 Å². The molecule has 3 aromatic rings. The number of benzene rings is 2. The normalized spacial score (nSPS) is 16.2. The van der Waals surface area contributed by atoms with E-state index in [1.165, 1.54) is 16.0 Å². The SMILES string of the molecule is CNCCC(Oc1ccccc1CN1CCN(CCc2ccccc2)CC1)c1cccs1. The van der Waals surface area contributed by atoms with E-state index in [2.05, 4.69) is 87.2 Å². The van der Waals surface area contributed by atoms with E-state index in [0.717, 1.165) is 64.4 Å². The van der Waals surface area contributed by atoms with Gasteiger partial charge in [-0.25, -0.2) is 0 Å². The molecule has 0 bridgehead atoms. The van der Waals surface area contributed by atoms with Crippen LogP contribution in [-0.2, 0) is 13.0 Å². The third-order valence-electron chi connectivity index (χ3n) is 6.18. The molecule has 0 aliphatic carbocycles. The van der Waals surface area contributed by atoms with Gasteiger partial charge in [-0.15, -0.1) is 11.3 Å². The first-order valence-corrected chi connectivity index (χ1v) is 12.6. The molecule has 4 rings (SSSR count). The van der Waals surface area contributed by atoms with Crippen LogP contribution in [-0.4, -0.2) is 56.1 Å². The summed E-state index contributed by atoms with van der Waals surface area (Å²) in [5.74, 6) is 1.02. The van der Waals surface area contributed by atoms with Gasteiger partial charge in [0.05, 0.1) is 0 Å². The van der Waals surface area contributed by atoms with Crippen LogP contribution in [0.4, 0.5) is 0 Å². The fraction of sp³-hybridized carbons (Fsp3) is 0.407. The van der Waals surface area contributed by atoms with Gasteiger partial charge in [-0.3, -0.25) is 4.90 Å². The molecule has 1 saturated heterocycles. The average molecular weight is 450 g/mol. The predicted molar refractivity (Wildman–Crippen MR) is 135 cm³/mol. The molecule has 0 spiro atoms. The maximum absolute atomic E-state index is 6.58. The molecule has 1 aromatic heterocycles. The third kappa shape index (κ3) is 6.66. The van der Waals surface area contributed by atoms with Crippen LogP contribution in [0.15, 0.2) is 72.1 Å². The van der Waals surface area contributed by atoms with Crippen LogP contribution in [0.2, 0.25) is 0 Å². The van der Waals surface area contributed by atoms with Crippen molar-refractivity contribution in [1.82, 2.24) is 15.1 Å². The van der Waals surface area contributed by atoms with E-state index in [1.807, 2.05) is 7.05 Å². The number of para-hydroxylation sites is 1. The molecule has 1 fully saturated rings. The Balaban J connectivity index is 1.31. The van der Waals surface area contributed by atoms with Crippen molar-refractivity contribution in [3.05, 3.63) is 88.1 Å². The molecule has 1 atom stereocenters. The van der Waals surface area contributed by atoms with Crippen molar-refractivity contribution in [2.45, 2.75) is 25.5 Å². The molecule has 1 N–H and O–H groups in total. The second kappa shape index (κ2) is 12.2. The number of piperazine rings is 1. The molecular formula is C27H35N3OS. The van der Waals surface area contributed by atoms with Gasteiger partial charge in [0, 0.05) is 56.1 Å². The van der Waals surface area contributed by atoms with Gasteiger partial charge in [0.15, 0.2) is 0 Å². The van der Waals surface area contributed by atoms with Crippen LogP contribution in [0.25, 0.3) is 0 Å². The zero-order chi connectivity index (χ0) is 22.0. The van der Waals surface area contributed by atoms with Gasteiger partial charge in [-0.2, -0.15) is 0 Å². The number of hydrogen-bond donors (Lipinski definition) is 1. The molecule has 170 valence electrons. The molecule has 2 aromatic carbocycles. The molecule has 4 nitrogen and oxygen atoms in total. The Morgan fingerprint density at radius 1 is 0.906 bits per heavy atom. The number of rotatable bonds is 11. The molecule has 1 aliphatic heterocycles. The second-order valence-electron chi connectivity index (χ2n) is 8.48. The van der Waals surface area contributed by atoms with Gasteiger partial charge >= 0.3 is 0 Å². The lowest BCUT2D eigenvalue weighted by Crippen LogP contribution is -2.46. The average Bonchev–Trinajstić information content (AvgIpc) is 3.38. The van der Waals surface area contributed by atoms with Crippen molar-refractivity contribution in [3.63, 3.8) is 0 Å². The molecular weight excluding hydrogens is 414 g/mol. The Morgan fingerprint density at radius 3 is 2.41 bits per heavy atom. The van der Waals surface area contributed by atoms with Crippen LogP contribution in [0.5, 0.6) is 5.75 Å². The van der Waals surface area contributed by atoms with Crippen molar-refractivity contribution >= 4 is 11.3 Å². The summed E-state index contributed by atoms with van der Waals surface area (Å²) in [5, 5.41) is 5.40. The minimum Gasteiger partial charge on any atom is -0.485 e. The maximum atomic E-state index is 6.58. The number of nitrogens with one attached hydrogen (secondary N) is 1. The van der Waals surface area contributed by atoms with E-state index in [4.69, 9.17) is 4.74 Å². The fourth-order valence-corrected chi connectivity index (χ4v) is 5.04. The summed E-state index contributed by atoms with van der Waals surface area (Å²) in [4.78, 5) is 6.45. The predicted octanol–water partition coefficient (Wildman–Crippen LogP) is 4.84. The number of hydrogen-bond acceptors (Lipinski definition) is 5. The lowest BCUT2D eigenvalue weighted by atomic mass is 10.1. The van der Waals surface area contributed by atoms with Crippen LogP contribution in [0, 0.1) is 0 Å². The van der Waals surface area contributed by atoms with Crippen LogP contribution >= 0.6 is 11.3 Å². The summed E-state index contributed by atoms with van der Waals surface area (Å²) in [7, 11) is 2.00. The fourth-order valence-electron chi connectivity index (χ4n) is 4.26. The molecule has 0 radical (unpaired) electrons. The summed E-state index contributed by atoms with van der Waals surface area (Å²) >= 11 is 1.78. The molecule has 0 saturated carbocycles. The van der Waals surface area contributed by atoms with E-state index in [0.29, 0.717) is 0 Å². The quantitative estimate of drug-likeness (QED) is 0.453. The van der Waals surface area contributed by atoms with Gasteiger partial charge in [0.1, 0.15) is 11.9 Å². The Morgan fingerprint density at radius 2 is 1.66 bits per heavy atom. The molecule has 0 amide bonds. The first-order valence-electron chi connectivity index (χ1n) is 11.7. The molecule has 5 heteroatoms. The van der Waals surface area contributed by atoms with Gasteiger partial charge in [0.25, 0.3) is 0 Å². The summed E-state index contributed by atoms with van der Waals surface area (Å²) in [5.41, 5.74) is 2.72. The Bertz CT molecular complexity index is 908. The van der Waals surface area contributed by atoms with E-state index in [1.54, 1.807) is 11.3 Å². The van der Waals surface area contributed by atoms with Gasteiger partial charge in [-0.05, 0) is 43.1 Å². The monoisotopic (exact) mass is 449 g/mol. The van der Waals surface area contributed by atoms with Crippen molar-refractivity contribution in [1.29, 1.82) is 0 Å². The highest BCUT2D eigenvalue weighted by atomic mass is 32.1. The lowest BCUT2D eigenvalue weighted by molar-refractivity contribution is 0.125. The van der Waals surface area contributed by atoms with Gasteiger partial charge < -0.3 is 15.0 Å². The van der Waals surface area contributed by atoms with Crippen molar-refractivity contribution in [2.24, 2.45) is 0 Å². The standard InChI is InChI=1S/C27H35N3OS/c1-28-15-13-26(27-12-7-21-32-27)31-25-11-6-5-10-24(25)22-30-19-17-29(18-20-30)16-14-23-8-3-2-4-9-23/h2-12,21,26,28H,13-20,22H2,1H3. The number of nitrogens with zero attached hydrogens (tertiary/aromatic N) is 2. The maximum Gasteiger partial charge on any atom is 0.134 e. The molecule has 1 aliphatic rings. The molecule has 32 heavy (non-hydrogen) atoms. The van der Waals surface area contributed by atoms with E-state index < -0.39 is 0 Å². The van der Waals surface area contributed by atoms with E-state index >= 15 is 0 Å². The van der Waals surface area contributed by atoms with E-state index in [-0.39, 0.29) is 6.10 Å². The van der Waals surface area contributed by atoms with E-state index in [9.17, 15) is 0 Å². The highest BCUT2D eigenvalue weighted by Gasteiger charge is 2.20. The highest BCUT2D eigenvalue weighted by Crippen LogP contribution is 2.30. The smallest absolute Gasteiger partial charge is 0.134 e. The van der Waals surface area contributed by atoms with Gasteiger partial charge in [-0.1, -0.05) is 54.6 Å². The first kappa shape index (κ1) is 23.0. The topological polar surface area (TPSA) is 27.7 Å². The minimum atomic E-state index is 0.0958. The summed E-state index contributed by atoms with van der Waals surface area (Å²) in [6, 6.07) is 23.7. The summed E-state index contributed by atoms with van der Waals surface area (Å²) < 4.78 is 6.58. The first-order chi connectivity index (χ1) is 15.8. The Kier molecular flexibility index (Phi) is 8.74. The van der Waals surface area contributed by atoms with Crippen LogP contribution in [0.3, 0.4) is 0 Å². The Hall–Kier alpha value is -2.18. The molecule has 2 heterocycles. The highest BCUT2D eigenvalue weighted by molar-refractivity contribution is 7.10. The second-order valence-corrected chi connectivity index (χ2v) is 9.45. The largest absolute Gasteiger partial charge is 0.485 e. The summed E-state index contributed by atoms with van der Waals surface area (Å²) in [6.45, 7) is 7.52. The molecule has 1 unspecified atom stereocenters. The third-order valence-corrected chi connectivity index (χ3v) is 7.14. The van der Waals surface area contributed by atoms with Crippen molar-refractivity contribution in [2.75, 3.05) is 46.3 Å². The van der Waals surface area contributed by atoms with Crippen LogP contribution in [0.1, 0.15) is 28.5 Å². The van der Waals surface area contributed by atoms with Crippen LogP contribution < -0.4 is 10.1 Å². The lowest BCUT2D eigenvalue weighted by Gasteiger charge is -2.35. The summed E-state index contributed by atoms with van der Waals surface area (Å²) in [6.07, 6.45) is 2.19. The number of thiophene rings is 1. The van der Waals surface area contributed by atoms with Gasteiger partial charge in [0.2, 0.25) is 0 Å². The zero-order valence-corrected chi connectivity index (χ0v) is 19.9.